The first-order chi connectivity index (χ1) is 10.0. The van der Waals surface area contributed by atoms with Gasteiger partial charge in [0.15, 0.2) is 5.84 Å². The Hall–Kier alpha value is -1.30. The molecule has 1 atom stereocenters. The van der Waals surface area contributed by atoms with Crippen LogP contribution in [0.25, 0.3) is 0 Å². The number of amidine groups is 1. The number of hydrogen-bond acceptors (Lipinski definition) is 4. The smallest absolute Gasteiger partial charge is 0.252 e. The summed E-state index contributed by atoms with van der Waals surface area (Å²) in [7, 11) is 0. The Morgan fingerprint density at radius 3 is 2.29 bits per heavy atom. The van der Waals surface area contributed by atoms with Crippen LogP contribution < -0.4 is 11.1 Å². The first kappa shape index (κ1) is 16.1. The Bertz CT molecular complexity index is 395. The molecule has 2 fully saturated rings. The van der Waals surface area contributed by atoms with Crippen LogP contribution in [0.4, 0.5) is 0 Å². The lowest BCUT2D eigenvalue weighted by Gasteiger charge is -2.37. The average Bonchev–Trinajstić information content (AvgIpc) is 2.89. The quantitative estimate of drug-likeness (QED) is 0.321. The van der Waals surface area contributed by atoms with Crippen LogP contribution >= 0.6 is 0 Å². The Balaban J connectivity index is 2.17. The molecule has 1 saturated heterocycles. The maximum Gasteiger partial charge on any atom is 0.252 e. The molecule has 21 heavy (non-hydrogen) atoms. The van der Waals surface area contributed by atoms with Crippen molar-refractivity contribution < 1.29 is 14.7 Å². The van der Waals surface area contributed by atoms with E-state index < -0.39 is 11.1 Å². The number of rotatable bonds is 3. The molecule has 0 aromatic rings. The maximum atomic E-state index is 12.6. The molecule has 0 aromatic heterocycles. The summed E-state index contributed by atoms with van der Waals surface area (Å²) in [5.41, 5.74) is 4.42. The lowest BCUT2D eigenvalue weighted by Crippen LogP contribution is -2.61. The normalized spacial score (nSPS) is 30.4. The van der Waals surface area contributed by atoms with Crippen LogP contribution in [0, 0.1) is 0 Å². The summed E-state index contributed by atoms with van der Waals surface area (Å²) < 4.78 is 5.60. The fourth-order valence-corrected chi connectivity index (χ4v) is 3.36. The molecule has 6 nitrogen and oxygen atoms in total. The van der Waals surface area contributed by atoms with Gasteiger partial charge in [-0.15, -0.1) is 0 Å². The zero-order valence-corrected chi connectivity index (χ0v) is 12.9. The molecule has 1 unspecified atom stereocenters. The second-order valence-corrected chi connectivity index (χ2v) is 6.47. The molecule has 1 aliphatic heterocycles. The molecule has 120 valence electrons. The van der Waals surface area contributed by atoms with Gasteiger partial charge in [-0.3, -0.25) is 4.79 Å². The predicted octanol–water partition coefficient (Wildman–Crippen LogP) is 1.90. The van der Waals surface area contributed by atoms with Gasteiger partial charge in [-0.25, -0.2) is 0 Å². The molecular formula is C15H27N3O3. The molecule has 0 spiro atoms. The molecule has 1 saturated carbocycles. The van der Waals surface area contributed by atoms with Gasteiger partial charge in [-0.1, -0.05) is 37.3 Å². The van der Waals surface area contributed by atoms with Gasteiger partial charge in [0.25, 0.3) is 5.91 Å². The third kappa shape index (κ3) is 3.48. The van der Waals surface area contributed by atoms with Crippen LogP contribution in [0.1, 0.15) is 64.7 Å². The standard InChI is InChI=1S/C15H27N3O3/c1-14(8-7-11-21-14)13(19)17-15(12(16)18-20)9-5-3-2-4-6-10-15/h20H,2-11H2,1H3,(H2,16,18)(H,17,19). The van der Waals surface area contributed by atoms with E-state index in [1.807, 2.05) is 6.92 Å². The van der Waals surface area contributed by atoms with E-state index in [9.17, 15) is 4.79 Å². The number of oxime groups is 1. The third-order valence-electron chi connectivity index (χ3n) is 4.86. The van der Waals surface area contributed by atoms with Crippen LogP contribution in [0.15, 0.2) is 5.16 Å². The summed E-state index contributed by atoms with van der Waals surface area (Å²) in [6.07, 6.45) is 8.40. The number of amides is 1. The SMILES string of the molecule is CC1(C(=O)NC2(C(N)=NO)CCCCCCC2)CCCO1. The highest BCUT2D eigenvalue weighted by Crippen LogP contribution is 2.30. The number of carbonyl (C=O) groups excluding carboxylic acids is 1. The molecule has 2 aliphatic rings. The summed E-state index contributed by atoms with van der Waals surface area (Å²) in [5, 5.41) is 15.4. The van der Waals surface area contributed by atoms with Crippen molar-refractivity contribution in [2.75, 3.05) is 6.61 Å². The van der Waals surface area contributed by atoms with E-state index in [4.69, 9.17) is 15.7 Å². The van der Waals surface area contributed by atoms with Gasteiger partial charge in [0.1, 0.15) is 11.1 Å². The van der Waals surface area contributed by atoms with E-state index in [0.29, 0.717) is 25.9 Å². The van der Waals surface area contributed by atoms with Crippen LogP contribution in [0.5, 0.6) is 0 Å². The number of hydrogen-bond donors (Lipinski definition) is 3. The summed E-state index contributed by atoms with van der Waals surface area (Å²) >= 11 is 0. The zero-order chi connectivity index (χ0) is 15.3. The van der Waals surface area contributed by atoms with Crippen molar-refractivity contribution >= 4 is 11.7 Å². The molecule has 1 amide bonds. The Labute approximate surface area is 126 Å². The van der Waals surface area contributed by atoms with Crippen LogP contribution in [0.2, 0.25) is 0 Å². The molecule has 0 bridgehead atoms. The van der Waals surface area contributed by atoms with E-state index in [0.717, 1.165) is 32.1 Å². The summed E-state index contributed by atoms with van der Waals surface area (Å²) in [4.78, 5) is 12.6. The van der Waals surface area contributed by atoms with Crippen molar-refractivity contribution in [3.63, 3.8) is 0 Å². The minimum absolute atomic E-state index is 0.111. The van der Waals surface area contributed by atoms with Gasteiger partial charge in [-0.2, -0.15) is 0 Å². The molecular weight excluding hydrogens is 270 g/mol. The minimum Gasteiger partial charge on any atom is -0.409 e. The average molecular weight is 297 g/mol. The summed E-state index contributed by atoms with van der Waals surface area (Å²) in [5.74, 6) is -0.0356. The first-order valence-electron chi connectivity index (χ1n) is 7.97. The Kier molecular flexibility index (Phi) is 5.08. The van der Waals surface area contributed by atoms with Crippen molar-refractivity contribution in [2.24, 2.45) is 10.9 Å². The van der Waals surface area contributed by atoms with Crippen LogP contribution in [-0.2, 0) is 9.53 Å². The third-order valence-corrected chi connectivity index (χ3v) is 4.86. The largest absolute Gasteiger partial charge is 0.409 e. The van der Waals surface area contributed by atoms with Crippen molar-refractivity contribution in [1.82, 2.24) is 5.32 Å². The zero-order valence-electron chi connectivity index (χ0n) is 12.9. The van der Waals surface area contributed by atoms with Gasteiger partial charge in [-0.05, 0) is 32.6 Å². The van der Waals surface area contributed by atoms with Crippen molar-refractivity contribution in [1.29, 1.82) is 0 Å². The van der Waals surface area contributed by atoms with Crippen LogP contribution in [-0.4, -0.2) is 34.7 Å². The second-order valence-electron chi connectivity index (χ2n) is 6.47. The predicted molar refractivity (Wildman–Crippen MR) is 80.2 cm³/mol. The highest BCUT2D eigenvalue weighted by Gasteiger charge is 2.44. The van der Waals surface area contributed by atoms with Crippen LogP contribution in [0.3, 0.4) is 0 Å². The van der Waals surface area contributed by atoms with E-state index in [1.165, 1.54) is 6.42 Å². The highest BCUT2D eigenvalue weighted by atomic mass is 16.5. The van der Waals surface area contributed by atoms with E-state index >= 15 is 0 Å². The number of nitrogens with zero attached hydrogens (tertiary/aromatic N) is 1. The van der Waals surface area contributed by atoms with Crippen molar-refractivity contribution in [3.8, 4) is 0 Å². The maximum absolute atomic E-state index is 12.6. The number of ether oxygens (including phenoxy) is 1. The Morgan fingerprint density at radius 2 is 1.76 bits per heavy atom. The monoisotopic (exact) mass is 297 g/mol. The van der Waals surface area contributed by atoms with Crippen molar-refractivity contribution in [3.05, 3.63) is 0 Å². The summed E-state index contributed by atoms with van der Waals surface area (Å²) in [6.45, 7) is 2.43. The van der Waals surface area contributed by atoms with Gasteiger partial charge >= 0.3 is 0 Å². The topological polar surface area (TPSA) is 96.9 Å². The molecule has 1 heterocycles. The number of carbonyl (C=O) groups is 1. The van der Waals surface area contributed by atoms with Gasteiger partial charge in [0, 0.05) is 6.61 Å². The second kappa shape index (κ2) is 6.64. The van der Waals surface area contributed by atoms with Crippen molar-refractivity contribution in [2.45, 2.75) is 75.9 Å². The first-order valence-corrected chi connectivity index (χ1v) is 7.97. The Morgan fingerprint density at radius 1 is 1.14 bits per heavy atom. The minimum atomic E-state index is -0.787. The molecule has 0 radical (unpaired) electrons. The van der Waals surface area contributed by atoms with Gasteiger partial charge in [0.05, 0.1) is 0 Å². The molecule has 6 heteroatoms. The fraction of sp³-hybridized carbons (Fsp3) is 0.867. The lowest BCUT2D eigenvalue weighted by atomic mass is 9.82. The van der Waals surface area contributed by atoms with Gasteiger partial charge in [0.2, 0.25) is 0 Å². The van der Waals surface area contributed by atoms with E-state index in [1.54, 1.807) is 0 Å². The lowest BCUT2D eigenvalue weighted by molar-refractivity contribution is -0.141. The number of nitrogens with one attached hydrogen (secondary N) is 1. The number of nitrogens with two attached hydrogens (primary N) is 1. The summed E-state index contributed by atoms with van der Waals surface area (Å²) in [6, 6.07) is 0. The highest BCUT2D eigenvalue weighted by molar-refractivity contribution is 5.96. The molecule has 1 aliphatic carbocycles. The molecule has 0 aromatic carbocycles. The molecule has 4 N–H and O–H groups in total. The van der Waals surface area contributed by atoms with Gasteiger partial charge < -0.3 is 21.0 Å². The molecule has 2 rings (SSSR count). The van der Waals surface area contributed by atoms with E-state index in [-0.39, 0.29) is 11.7 Å². The van der Waals surface area contributed by atoms with E-state index in [2.05, 4.69) is 10.5 Å². The fourth-order valence-electron chi connectivity index (χ4n) is 3.36.